The summed E-state index contributed by atoms with van der Waals surface area (Å²) in [7, 11) is 1.49. The van der Waals surface area contributed by atoms with Crippen molar-refractivity contribution < 1.29 is 9.13 Å². The van der Waals surface area contributed by atoms with Crippen molar-refractivity contribution in [3.05, 3.63) is 0 Å². The minimum absolute atomic E-state index is 0.231. The standard InChI is InChI=1S/C4H9FO/c1-4(3-5)6-2/h4H,3H2,1-2H3/t4-/m0/s1. The predicted octanol–water partition coefficient (Wildman–Crippen LogP) is 0.991. The molecule has 0 aromatic rings. The van der Waals surface area contributed by atoms with Crippen molar-refractivity contribution in [1.29, 1.82) is 0 Å². The van der Waals surface area contributed by atoms with Crippen molar-refractivity contribution in [3.63, 3.8) is 0 Å². The molecule has 0 N–H and O–H groups in total. The number of ether oxygens (including phenoxy) is 1. The van der Waals surface area contributed by atoms with Gasteiger partial charge in [-0.2, -0.15) is 0 Å². The van der Waals surface area contributed by atoms with Crippen LogP contribution >= 0.6 is 0 Å². The van der Waals surface area contributed by atoms with E-state index >= 15 is 0 Å². The first-order chi connectivity index (χ1) is 2.81. The van der Waals surface area contributed by atoms with E-state index in [2.05, 4.69) is 4.74 Å². The quantitative estimate of drug-likeness (QED) is 0.493. The van der Waals surface area contributed by atoms with Gasteiger partial charge in [-0.1, -0.05) is 0 Å². The minimum Gasteiger partial charge on any atom is -0.379 e. The van der Waals surface area contributed by atoms with Crippen LogP contribution < -0.4 is 0 Å². The average molecular weight is 92.1 g/mol. The van der Waals surface area contributed by atoms with E-state index in [1.165, 1.54) is 7.11 Å². The van der Waals surface area contributed by atoms with Gasteiger partial charge in [0.15, 0.2) is 0 Å². The first-order valence-corrected chi connectivity index (χ1v) is 1.90. The highest BCUT2D eigenvalue weighted by molar-refractivity contribution is 4.39. The van der Waals surface area contributed by atoms with Crippen LogP contribution in [-0.2, 0) is 4.74 Å². The molecule has 0 aliphatic heterocycles. The molecular weight excluding hydrogens is 83.0 g/mol. The van der Waals surface area contributed by atoms with Gasteiger partial charge in [-0.3, -0.25) is 0 Å². The summed E-state index contributed by atoms with van der Waals surface area (Å²) in [6.45, 7) is 1.29. The summed E-state index contributed by atoms with van der Waals surface area (Å²) in [4.78, 5) is 0. The Hall–Kier alpha value is -0.110. The number of methoxy groups -OCH3 is 1. The summed E-state index contributed by atoms with van der Waals surface area (Å²) >= 11 is 0. The Labute approximate surface area is 37.1 Å². The summed E-state index contributed by atoms with van der Waals surface area (Å²) < 4.78 is 15.8. The van der Waals surface area contributed by atoms with Crippen LogP contribution in [0.3, 0.4) is 0 Å². The third-order valence-corrected chi connectivity index (χ3v) is 0.620. The van der Waals surface area contributed by atoms with Gasteiger partial charge in [0.2, 0.25) is 0 Å². The molecule has 0 aromatic heterocycles. The Morgan fingerprint density at radius 2 is 2.33 bits per heavy atom. The summed E-state index contributed by atoms with van der Waals surface area (Å²) in [6, 6.07) is 0. The van der Waals surface area contributed by atoms with Crippen LogP contribution in [0, 0.1) is 0 Å². The largest absolute Gasteiger partial charge is 0.379 e. The molecule has 0 aliphatic rings. The second-order valence-corrected chi connectivity index (χ2v) is 1.20. The monoisotopic (exact) mass is 92.1 g/mol. The fourth-order valence-electron chi connectivity index (χ4n) is 0.0630. The number of hydrogen-bond acceptors (Lipinski definition) is 1. The van der Waals surface area contributed by atoms with Crippen LogP contribution in [0.25, 0.3) is 0 Å². The Morgan fingerprint density at radius 1 is 1.83 bits per heavy atom. The fraction of sp³-hybridized carbons (Fsp3) is 1.00. The molecule has 2 heteroatoms. The number of rotatable bonds is 2. The molecule has 0 spiro atoms. The van der Waals surface area contributed by atoms with Crippen molar-refractivity contribution in [3.8, 4) is 0 Å². The summed E-state index contributed by atoms with van der Waals surface area (Å²) in [5, 5.41) is 0. The molecule has 0 aliphatic carbocycles. The lowest BCUT2D eigenvalue weighted by Gasteiger charge is -1.98. The molecule has 0 unspecified atom stereocenters. The lowest BCUT2D eigenvalue weighted by molar-refractivity contribution is 0.0942. The molecule has 0 rings (SSSR count). The highest BCUT2D eigenvalue weighted by atomic mass is 19.1. The van der Waals surface area contributed by atoms with Crippen molar-refractivity contribution in [2.75, 3.05) is 13.8 Å². The van der Waals surface area contributed by atoms with Gasteiger partial charge in [-0.05, 0) is 6.92 Å². The predicted molar refractivity (Wildman–Crippen MR) is 22.4 cm³/mol. The Morgan fingerprint density at radius 3 is 2.33 bits per heavy atom. The minimum atomic E-state index is -0.392. The summed E-state index contributed by atoms with van der Waals surface area (Å²) in [5.74, 6) is 0. The molecule has 0 aromatic carbocycles. The Kier molecular flexibility index (Phi) is 3.04. The van der Waals surface area contributed by atoms with Crippen molar-refractivity contribution >= 4 is 0 Å². The first-order valence-electron chi connectivity index (χ1n) is 1.90. The normalized spacial score (nSPS) is 14.5. The molecule has 0 fully saturated rings. The molecule has 0 bridgehead atoms. The lowest BCUT2D eigenvalue weighted by Crippen LogP contribution is -2.05. The molecule has 1 nitrogen and oxygen atoms in total. The molecule has 0 radical (unpaired) electrons. The van der Waals surface area contributed by atoms with Crippen LogP contribution in [0.1, 0.15) is 6.92 Å². The molecule has 6 heavy (non-hydrogen) atoms. The molecule has 0 amide bonds. The van der Waals surface area contributed by atoms with Crippen LogP contribution in [0.15, 0.2) is 0 Å². The molecule has 0 saturated heterocycles. The third-order valence-electron chi connectivity index (χ3n) is 0.620. The maximum atomic E-state index is 11.3. The van der Waals surface area contributed by atoms with Crippen molar-refractivity contribution in [2.45, 2.75) is 13.0 Å². The van der Waals surface area contributed by atoms with Gasteiger partial charge < -0.3 is 4.74 Å². The molecular formula is C4H9FO. The number of halogens is 1. The van der Waals surface area contributed by atoms with Gasteiger partial charge in [0.25, 0.3) is 0 Å². The molecule has 38 valence electrons. The van der Waals surface area contributed by atoms with E-state index in [0.29, 0.717) is 0 Å². The Balaban J connectivity index is 2.75. The molecule has 0 saturated carbocycles. The smallest absolute Gasteiger partial charge is 0.115 e. The van der Waals surface area contributed by atoms with Gasteiger partial charge in [0.1, 0.15) is 6.67 Å². The van der Waals surface area contributed by atoms with Gasteiger partial charge in [-0.15, -0.1) is 0 Å². The maximum Gasteiger partial charge on any atom is 0.115 e. The Bertz CT molecular complexity index is 26.7. The first kappa shape index (κ1) is 5.89. The summed E-state index contributed by atoms with van der Waals surface area (Å²) in [5.41, 5.74) is 0. The van der Waals surface area contributed by atoms with Gasteiger partial charge in [0, 0.05) is 7.11 Å². The fourth-order valence-corrected chi connectivity index (χ4v) is 0.0630. The van der Waals surface area contributed by atoms with E-state index in [1.807, 2.05) is 0 Å². The topological polar surface area (TPSA) is 9.23 Å². The number of hydrogen-bond donors (Lipinski definition) is 0. The number of alkyl halides is 1. The zero-order valence-corrected chi connectivity index (χ0v) is 4.07. The van der Waals surface area contributed by atoms with Crippen LogP contribution in [0.2, 0.25) is 0 Å². The van der Waals surface area contributed by atoms with Crippen LogP contribution in [-0.4, -0.2) is 19.9 Å². The third kappa shape index (κ3) is 2.15. The van der Waals surface area contributed by atoms with Gasteiger partial charge in [-0.25, -0.2) is 4.39 Å². The average Bonchev–Trinajstić information content (AvgIpc) is 1.65. The second-order valence-electron chi connectivity index (χ2n) is 1.20. The lowest BCUT2D eigenvalue weighted by atomic mass is 10.5. The van der Waals surface area contributed by atoms with E-state index < -0.39 is 6.67 Å². The van der Waals surface area contributed by atoms with E-state index in [1.54, 1.807) is 6.92 Å². The van der Waals surface area contributed by atoms with Crippen molar-refractivity contribution in [2.24, 2.45) is 0 Å². The second kappa shape index (κ2) is 3.09. The SMILES string of the molecule is CO[C@@H](C)CF. The van der Waals surface area contributed by atoms with Crippen LogP contribution in [0.4, 0.5) is 4.39 Å². The van der Waals surface area contributed by atoms with Crippen LogP contribution in [0.5, 0.6) is 0 Å². The highest BCUT2D eigenvalue weighted by Gasteiger charge is 1.92. The van der Waals surface area contributed by atoms with E-state index in [4.69, 9.17) is 0 Å². The van der Waals surface area contributed by atoms with Gasteiger partial charge >= 0.3 is 0 Å². The van der Waals surface area contributed by atoms with Crippen molar-refractivity contribution in [1.82, 2.24) is 0 Å². The van der Waals surface area contributed by atoms with E-state index in [9.17, 15) is 4.39 Å². The summed E-state index contributed by atoms with van der Waals surface area (Å²) in [6.07, 6.45) is -0.231. The molecule has 1 atom stereocenters. The zero-order valence-electron chi connectivity index (χ0n) is 4.07. The van der Waals surface area contributed by atoms with E-state index in [0.717, 1.165) is 0 Å². The van der Waals surface area contributed by atoms with Gasteiger partial charge in [0.05, 0.1) is 6.10 Å². The zero-order chi connectivity index (χ0) is 4.99. The highest BCUT2D eigenvalue weighted by Crippen LogP contribution is 1.84. The maximum absolute atomic E-state index is 11.3. The molecule has 0 heterocycles. The van der Waals surface area contributed by atoms with E-state index in [-0.39, 0.29) is 6.10 Å².